The van der Waals surface area contributed by atoms with E-state index < -0.39 is 6.17 Å². The van der Waals surface area contributed by atoms with Crippen LogP contribution in [0.2, 0.25) is 0 Å². The minimum atomic E-state index is -0.783. The topological polar surface area (TPSA) is 29.9 Å². The van der Waals surface area contributed by atoms with E-state index in [1.165, 1.54) is 0 Å². The van der Waals surface area contributed by atoms with Gasteiger partial charge in [0.1, 0.15) is 6.17 Å². The summed E-state index contributed by atoms with van der Waals surface area (Å²) in [7, 11) is 1.89. The highest BCUT2D eigenvalue weighted by Gasteiger charge is 2.26. The minimum Gasteiger partial charge on any atom is -0.316 e. The molecule has 0 spiro atoms. The third-order valence-corrected chi connectivity index (χ3v) is 4.65. The van der Waals surface area contributed by atoms with Crippen LogP contribution in [0.5, 0.6) is 0 Å². The van der Waals surface area contributed by atoms with Crippen molar-refractivity contribution in [2.24, 2.45) is 13.0 Å². The number of rotatable bonds is 4. The Morgan fingerprint density at radius 3 is 2.94 bits per heavy atom. The van der Waals surface area contributed by atoms with Crippen LogP contribution in [-0.4, -0.2) is 29.0 Å². The normalized spacial score (nSPS) is 22.1. The van der Waals surface area contributed by atoms with Gasteiger partial charge in [-0.25, -0.2) is 4.39 Å². The van der Waals surface area contributed by atoms with Crippen molar-refractivity contribution in [1.29, 1.82) is 0 Å². The summed E-state index contributed by atoms with van der Waals surface area (Å²) in [5, 5.41) is 7.69. The predicted molar refractivity (Wildman–Crippen MR) is 74.5 cm³/mol. The van der Waals surface area contributed by atoms with Gasteiger partial charge < -0.3 is 5.32 Å². The second-order valence-electron chi connectivity index (χ2n) is 5.01. The number of aryl methyl sites for hydroxylation is 2. The molecule has 0 aromatic carbocycles. The zero-order valence-electron chi connectivity index (χ0n) is 11.0. The van der Waals surface area contributed by atoms with Gasteiger partial charge in [0.05, 0.1) is 15.9 Å². The van der Waals surface area contributed by atoms with Crippen molar-refractivity contribution in [2.45, 2.75) is 38.8 Å². The van der Waals surface area contributed by atoms with E-state index in [9.17, 15) is 4.39 Å². The van der Waals surface area contributed by atoms with E-state index in [0.29, 0.717) is 6.42 Å². The van der Waals surface area contributed by atoms with Gasteiger partial charge in [0.15, 0.2) is 0 Å². The van der Waals surface area contributed by atoms with E-state index in [4.69, 9.17) is 0 Å². The standard InChI is InChI=1S/C13H21BrFN3/c1-3-11-13(14)12(18(2)17-11)7-10(15)9-5-4-6-16-8-9/h9-10,16H,3-8H2,1-2H3. The molecule has 1 saturated heterocycles. The van der Waals surface area contributed by atoms with Gasteiger partial charge in [-0.3, -0.25) is 4.68 Å². The quantitative estimate of drug-likeness (QED) is 0.925. The molecule has 2 unspecified atom stereocenters. The molecule has 1 aliphatic heterocycles. The minimum absolute atomic E-state index is 0.144. The van der Waals surface area contributed by atoms with Crippen LogP contribution in [0.15, 0.2) is 4.47 Å². The summed E-state index contributed by atoms with van der Waals surface area (Å²) in [5.41, 5.74) is 1.99. The van der Waals surface area contributed by atoms with Crippen LogP contribution in [0.25, 0.3) is 0 Å². The highest BCUT2D eigenvalue weighted by molar-refractivity contribution is 9.10. The van der Waals surface area contributed by atoms with Crippen molar-refractivity contribution in [1.82, 2.24) is 15.1 Å². The third-order valence-electron chi connectivity index (χ3n) is 3.74. The Morgan fingerprint density at radius 2 is 2.39 bits per heavy atom. The molecule has 1 aromatic rings. The van der Waals surface area contributed by atoms with Crippen LogP contribution in [-0.2, 0) is 19.9 Å². The first-order valence-electron chi connectivity index (χ1n) is 6.68. The average Bonchev–Trinajstić information content (AvgIpc) is 2.67. The van der Waals surface area contributed by atoms with Crippen LogP contribution in [0.1, 0.15) is 31.2 Å². The summed E-state index contributed by atoms with van der Waals surface area (Å²) in [5.74, 6) is 0.144. The van der Waals surface area contributed by atoms with Crippen molar-refractivity contribution in [3.05, 3.63) is 15.9 Å². The van der Waals surface area contributed by atoms with Crippen LogP contribution in [0.4, 0.5) is 4.39 Å². The largest absolute Gasteiger partial charge is 0.316 e. The maximum Gasteiger partial charge on any atom is 0.110 e. The fourth-order valence-electron chi connectivity index (χ4n) is 2.58. The molecule has 18 heavy (non-hydrogen) atoms. The van der Waals surface area contributed by atoms with Crippen molar-refractivity contribution in [2.75, 3.05) is 13.1 Å². The Labute approximate surface area is 116 Å². The molecule has 1 fully saturated rings. The number of alkyl halides is 1. The Bertz CT molecular complexity index is 399. The highest BCUT2D eigenvalue weighted by Crippen LogP contribution is 2.27. The second-order valence-corrected chi connectivity index (χ2v) is 5.80. The zero-order chi connectivity index (χ0) is 13.1. The number of hydrogen-bond donors (Lipinski definition) is 1. The van der Waals surface area contributed by atoms with Crippen LogP contribution >= 0.6 is 15.9 Å². The van der Waals surface area contributed by atoms with E-state index in [2.05, 4.69) is 33.3 Å². The second kappa shape index (κ2) is 6.15. The van der Waals surface area contributed by atoms with Crippen LogP contribution in [0, 0.1) is 5.92 Å². The van der Waals surface area contributed by atoms with E-state index in [1.807, 2.05) is 11.7 Å². The summed E-state index contributed by atoms with van der Waals surface area (Å²) >= 11 is 3.55. The maximum absolute atomic E-state index is 14.3. The number of aromatic nitrogens is 2. The molecule has 1 aliphatic rings. The molecule has 0 aliphatic carbocycles. The molecule has 3 nitrogen and oxygen atoms in total. The van der Waals surface area contributed by atoms with Crippen molar-refractivity contribution in [3.8, 4) is 0 Å². The van der Waals surface area contributed by atoms with Gasteiger partial charge in [-0.2, -0.15) is 5.10 Å². The Kier molecular flexibility index (Phi) is 4.78. The number of nitrogens with one attached hydrogen (secondary N) is 1. The molecule has 1 N–H and O–H groups in total. The van der Waals surface area contributed by atoms with E-state index in [1.54, 1.807) is 0 Å². The smallest absolute Gasteiger partial charge is 0.110 e. The van der Waals surface area contributed by atoms with Gasteiger partial charge in [0.25, 0.3) is 0 Å². The first-order valence-corrected chi connectivity index (χ1v) is 7.47. The first kappa shape index (κ1) is 14.0. The molecule has 2 rings (SSSR count). The number of halogens is 2. The Hall–Kier alpha value is -0.420. The van der Waals surface area contributed by atoms with Crippen molar-refractivity contribution in [3.63, 3.8) is 0 Å². The predicted octanol–water partition coefficient (Wildman–Crippen LogP) is 2.63. The zero-order valence-corrected chi connectivity index (χ0v) is 12.6. The third kappa shape index (κ3) is 2.94. The number of nitrogens with zero attached hydrogens (tertiary/aromatic N) is 2. The Morgan fingerprint density at radius 1 is 1.61 bits per heavy atom. The average molecular weight is 318 g/mol. The van der Waals surface area contributed by atoms with Crippen molar-refractivity contribution < 1.29 is 4.39 Å². The van der Waals surface area contributed by atoms with Crippen LogP contribution < -0.4 is 5.32 Å². The molecule has 0 radical (unpaired) electrons. The van der Waals surface area contributed by atoms with Crippen LogP contribution in [0.3, 0.4) is 0 Å². The molecule has 0 saturated carbocycles. The summed E-state index contributed by atoms with van der Waals surface area (Å²) in [4.78, 5) is 0. The molecule has 1 aromatic heterocycles. The molecule has 5 heteroatoms. The van der Waals surface area contributed by atoms with E-state index >= 15 is 0 Å². The molecule has 102 valence electrons. The molecule has 2 heterocycles. The van der Waals surface area contributed by atoms with E-state index in [-0.39, 0.29) is 5.92 Å². The molecule has 0 amide bonds. The lowest BCUT2D eigenvalue weighted by Gasteiger charge is -2.25. The Balaban J connectivity index is 2.06. The number of piperidine rings is 1. The fourth-order valence-corrected chi connectivity index (χ4v) is 3.36. The monoisotopic (exact) mass is 317 g/mol. The van der Waals surface area contributed by atoms with E-state index in [0.717, 1.165) is 48.2 Å². The lowest BCUT2D eigenvalue weighted by atomic mass is 9.92. The van der Waals surface area contributed by atoms with Gasteiger partial charge in [-0.1, -0.05) is 6.92 Å². The highest BCUT2D eigenvalue weighted by atomic mass is 79.9. The van der Waals surface area contributed by atoms with Gasteiger partial charge in [-0.15, -0.1) is 0 Å². The lowest BCUT2D eigenvalue weighted by Crippen LogP contribution is -2.36. The molecule has 0 bridgehead atoms. The molecule has 2 atom stereocenters. The molecular formula is C13H21BrFN3. The SMILES string of the molecule is CCc1nn(C)c(CC(F)C2CCCNC2)c1Br. The van der Waals surface area contributed by atoms with Crippen molar-refractivity contribution >= 4 is 15.9 Å². The maximum atomic E-state index is 14.3. The summed E-state index contributed by atoms with van der Waals surface area (Å²) in [6.45, 7) is 3.89. The number of hydrogen-bond acceptors (Lipinski definition) is 2. The lowest BCUT2D eigenvalue weighted by molar-refractivity contribution is 0.188. The van der Waals surface area contributed by atoms with Gasteiger partial charge in [0.2, 0.25) is 0 Å². The summed E-state index contributed by atoms with van der Waals surface area (Å²) in [6.07, 6.45) is 2.61. The van der Waals surface area contributed by atoms with Gasteiger partial charge in [-0.05, 0) is 41.7 Å². The van der Waals surface area contributed by atoms with Gasteiger partial charge >= 0.3 is 0 Å². The summed E-state index contributed by atoms with van der Waals surface area (Å²) in [6, 6.07) is 0. The summed E-state index contributed by atoms with van der Waals surface area (Å²) < 4.78 is 17.1. The molecular weight excluding hydrogens is 297 g/mol. The first-order chi connectivity index (χ1) is 8.63. The fraction of sp³-hybridized carbons (Fsp3) is 0.769. The van der Waals surface area contributed by atoms with Gasteiger partial charge in [0, 0.05) is 25.9 Å².